The molecule has 1 aliphatic rings. The van der Waals surface area contributed by atoms with Crippen molar-refractivity contribution in [3.63, 3.8) is 0 Å². The molecule has 0 spiro atoms. The number of benzene rings is 1. The SMILES string of the molecule is CN(C)C(=O)CNC(=O)COC(=O)c1ccccc1S[C@H]1CCS(=O)(=O)C1. The van der Waals surface area contributed by atoms with E-state index >= 15 is 0 Å². The molecule has 0 saturated carbocycles. The highest BCUT2D eigenvalue weighted by molar-refractivity contribution is 8.02. The molecular weight excluding hydrogens is 392 g/mol. The molecule has 2 amide bonds. The van der Waals surface area contributed by atoms with Crippen LogP contribution in [0.3, 0.4) is 0 Å². The van der Waals surface area contributed by atoms with Crippen molar-refractivity contribution in [3.8, 4) is 0 Å². The standard InChI is InChI=1S/C17H22N2O6S2/c1-19(2)16(21)9-18-15(20)10-25-17(22)13-5-3-4-6-14(13)26-12-7-8-27(23,24)11-12/h3-6,12H,7-11H2,1-2H3,(H,18,20)/t12-/m0/s1. The number of carbonyl (C=O) groups is 3. The predicted octanol–water partition coefficient (Wildman–Crippen LogP) is 0.327. The topological polar surface area (TPSA) is 110 Å². The minimum Gasteiger partial charge on any atom is -0.452 e. The van der Waals surface area contributed by atoms with E-state index in [4.69, 9.17) is 4.74 Å². The van der Waals surface area contributed by atoms with Gasteiger partial charge in [0.2, 0.25) is 5.91 Å². The fourth-order valence-electron chi connectivity index (χ4n) is 2.36. The van der Waals surface area contributed by atoms with Crippen LogP contribution >= 0.6 is 11.8 Å². The van der Waals surface area contributed by atoms with Gasteiger partial charge in [-0.15, -0.1) is 11.8 Å². The fraction of sp³-hybridized carbons (Fsp3) is 0.471. The Hall–Kier alpha value is -2.07. The first-order valence-electron chi connectivity index (χ1n) is 8.28. The first kappa shape index (κ1) is 21.2. The Bertz CT molecular complexity index is 822. The molecule has 8 nitrogen and oxygen atoms in total. The second-order valence-corrected chi connectivity index (χ2v) is 9.85. The van der Waals surface area contributed by atoms with Crippen molar-refractivity contribution in [3.05, 3.63) is 29.8 Å². The lowest BCUT2D eigenvalue weighted by atomic mass is 10.2. The van der Waals surface area contributed by atoms with E-state index in [1.165, 1.54) is 16.7 Å². The summed E-state index contributed by atoms with van der Waals surface area (Å²) in [6, 6.07) is 6.72. The molecule has 1 heterocycles. The van der Waals surface area contributed by atoms with Crippen molar-refractivity contribution in [1.29, 1.82) is 0 Å². The van der Waals surface area contributed by atoms with E-state index in [9.17, 15) is 22.8 Å². The molecule has 2 rings (SSSR count). The zero-order valence-electron chi connectivity index (χ0n) is 15.1. The van der Waals surface area contributed by atoms with Crippen LogP contribution in [0, 0.1) is 0 Å². The summed E-state index contributed by atoms with van der Waals surface area (Å²) in [5.41, 5.74) is 0.281. The van der Waals surface area contributed by atoms with Crippen molar-refractivity contribution in [1.82, 2.24) is 10.2 Å². The van der Waals surface area contributed by atoms with Crippen LogP contribution < -0.4 is 5.32 Å². The van der Waals surface area contributed by atoms with Crippen LogP contribution in [0.15, 0.2) is 29.2 Å². The van der Waals surface area contributed by atoms with Gasteiger partial charge in [0.1, 0.15) is 0 Å². The summed E-state index contributed by atoms with van der Waals surface area (Å²) < 4.78 is 28.2. The first-order valence-corrected chi connectivity index (χ1v) is 11.0. The van der Waals surface area contributed by atoms with E-state index in [0.29, 0.717) is 11.3 Å². The molecule has 148 valence electrons. The number of nitrogens with one attached hydrogen (secondary N) is 1. The third-order valence-electron chi connectivity index (χ3n) is 3.86. The van der Waals surface area contributed by atoms with E-state index in [2.05, 4.69) is 5.32 Å². The number of esters is 1. The molecule has 1 aromatic rings. The Morgan fingerprint density at radius 1 is 1.26 bits per heavy atom. The van der Waals surface area contributed by atoms with Crippen molar-refractivity contribution in [2.45, 2.75) is 16.6 Å². The number of carbonyl (C=O) groups excluding carboxylic acids is 3. The van der Waals surface area contributed by atoms with Crippen molar-refractivity contribution < 1.29 is 27.5 Å². The minimum atomic E-state index is -3.01. The van der Waals surface area contributed by atoms with Gasteiger partial charge >= 0.3 is 5.97 Å². The highest BCUT2D eigenvalue weighted by Gasteiger charge is 2.29. The molecule has 1 N–H and O–H groups in total. The minimum absolute atomic E-state index is 0.0867. The lowest BCUT2D eigenvalue weighted by Gasteiger charge is -2.13. The number of rotatable bonds is 7. The van der Waals surface area contributed by atoms with Gasteiger partial charge in [0, 0.05) is 24.2 Å². The Balaban J connectivity index is 1.91. The maximum Gasteiger partial charge on any atom is 0.339 e. The molecule has 27 heavy (non-hydrogen) atoms. The zero-order valence-corrected chi connectivity index (χ0v) is 16.8. The summed E-state index contributed by atoms with van der Waals surface area (Å²) in [6.45, 7) is -0.678. The van der Waals surface area contributed by atoms with E-state index in [-0.39, 0.29) is 34.8 Å². The van der Waals surface area contributed by atoms with Gasteiger partial charge in [-0.1, -0.05) is 12.1 Å². The number of hydrogen-bond donors (Lipinski definition) is 1. The van der Waals surface area contributed by atoms with E-state index < -0.39 is 28.3 Å². The second-order valence-electron chi connectivity index (χ2n) is 6.28. The van der Waals surface area contributed by atoms with E-state index in [1.807, 2.05) is 0 Å². The van der Waals surface area contributed by atoms with Gasteiger partial charge < -0.3 is 15.0 Å². The molecule has 10 heteroatoms. The third kappa shape index (κ3) is 6.55. The van der Waals surface area contributed by atoms with Crippen LogP contribution in [0.2, 0.25) is 0 Å². The molecule has 1 fully saturated rings. The van der Waals surface area contributed by atoms with E-state index in [1.54, 1.807) is 38.4 Å². The van der Waals surface area contributed by atoms with Crippen LogP contribution in [-0.2, 0) is 24.2 Å². The van der Waals surface area contributed by atoms with Gasteiger partial charge in [-0.05, 0) is 18.6 Å². The lowest BCUT2D eigenvalue weighted by molar-refractivity contribution is -0.131. The highest BCUT2D eigenvalue weighted by atomic mass is 32.2. The highest BCUT2D eigenvalue weighted by Crippen LogP contribution is 2.33. The molecule has 0 bridgehead atoms. The quantitative estimate of drug-likeness (QED) is 0.640. The van der Waals surface area contributed by atoms with E-state index in [0.717, 1.165) is 0 Å². The fourth-order valence-corrected chi connectivity index (χ4v) is 5.98. The van der Waals surface area contributed by atoms with Crippen molar-refractivity contribution in [2.75, 3.05) is 38.8 Å². The number of thioether (sulfide) groups is 1. The number of nitrogens with zero attached hydrogens (tertiary/aromatic N) is 1. The summed E-state index contributed by atoms with van der Waals surface area (Å²) >= 11 is 1.33. The lowest BCUT2D eigenvalue weighted by Crippen LogP contribution is -2.38. The Labute approximate surface area is 162 Å². The van der Waals surface area contributed by atoms with Crippen LogP contribution in [-0.4, -0.2) is 75.1 Å². The van der Waals surface area contributed by atoms with Crippen LogP contribution in [0.25, 0.3) is 0 Å². The van der Waals surface area contributed by atoms with Gasteiger partial charge in [0.25, 0.3) is 5.91 Å². The van der Waals surface area contributed by atoms with Crippen LogP contribution in [0.4, 0.5) is 0 Å². The summed E-state index contributed by atoms with van der Waals surface area (Å²) in [4.78, 5) is 37.4. The Kier molecular flexibility index (Phi) is 7.25. The monoisotopic (exact) mass is 414 g/mol. The average molecular weight is 415 g/mol. The average Bonchev–Trinajstić information content (AvgIpc) is 2.96. The first-order chi connectivity index (χ1) is 12.7. The van der Waals surface area contributed by atoms with Gasteiger partial charge in [-0.3, -0.25) is 9.59 Å². The molecule has 0 aliphatic carbocycles. The van der Waals surface area contributed by atoms with Crippen LogP contribution in [0.5, 0.6) is 0 Å². The summed E-state index contributed by atoms with van der Waals surface area (Å²) in [5, 5.41) is 2.27. The molecule has 0 radical (unpaired) electrons. The summed E-state index contributed by atoms with van der Waals surface area (Å²) in [7, 11) is 0.126. The maximum absolute atomic E-state index is 12.3. The number of likely N-dealkylation sites (N-methyl/N-ethyl adjacent to an activating group) is 1. The Morgan fingerprint density at radius 3 is 2.59 bits per heavy atom. The summed E-state index contributed by atoms with van der Waals surface area (Å²) in [5.74, 6) is -1.28. The zero-order chi connectivity index (χ0) is 20.0. The number of sulfone groups is 1. The normalized spacial score (nSPS) is 17.9. The maximum atomic E-state index is 12.3. The Morgan fingerprint density at radius 2 is 1.96 bits per heavy atom. The van der Waals surface area contributed by atoms with Gasteiger partial charge in [0.15, 0.2) is 16.4 Å². The molecule has 1 atom stereocenters. The smallest absolute Gasteiger partial charge is 0.339 e. The second kappa shape index (κ2) is 9.23. The number of amides is 2. The van der Waals surface area contributed by atoms with Crippen molar-refractivity contribution >= 4 is 39.4 Å². The third-order valence-corrected chi connectivity index (χ3v) is 7.19. The molecular formula is C17H22N2O6S2. The number of ether oxygens (including phenoxy) is 1. The van der Waals surface area contributed by atoms with Crippen LogP contribution in [0.1, 0.15) is 16.8 Å². The molecule has 1 saturated heterocycles. The molecule has 1 aliphatic heterocycles. The molecule has 0 aromatic heterocycles. The van der Waals surface area contributed by atoms with Crippen molar-refractivity contribution in [2.24, 2.45) is 0 Å². The number of hydrogen-bond acceptors (Lipinski definition) is 7. The summed E-state index contributed by atoms with van der Waals surface area (Å²) in [6.07, 6.45) is 0.540. The van der Waals surface area contributed by atoms with Gasteiger partial charge in [-0.25, -0.2) is 13.2 Å². The predicted molar refractivity (Wildman–Crippen MR) is 101 cm³/mol. The van der Waals surface area contributed by atoms with Gasteiger partial charge in [-0.2, -0.15) is 0 Å². The molecule has 0 unspecified atom stereocenters. The largest absolute Gasteiger partial charge is 0.452 e. The molecule has 1 aromatic carbocycles. The van der Waals surface area contributed by atoms with Gasteiger partial charge in [0.05, 0.1) is 23.6 Å².